The molecule has 3 atom stereocenters. The average molecular weight is 362 g/mol. The van der Waals surface area contributed by atoms with Gasteiger partial charge in [-0.3, -0.25) is 9.59 Å². The van der Waals surface area contributed by atoms with Gasteiger partial charge in [0.25, 0.3) is 0 Å². The van der Waals surface area contributed by atoms with E-state index in [1.54, 1.807) is 12.2 Å². The maximum Gasteiger partial charge on any atom is 0.334 e. The van der Waals surface area contributed by atoms with Gasteiger partial charge in [-0.1, -0.05) is 26.5 Å². The molecule has 1 saturated heterocycles. The van der Waals surface area contributed by atoms with Gasteiger partial charge in [0.1, 0.15) is 12.7 Å². The smallest absolute Gasteiger partial charge is 0.334 e. The van der Waals surface area contributed by atoms with Crippen molar-refractivity contribution >= 4 is 17.7 Å². The fraction of sp³-hybridized carbons (Fsp3) is 0.550. The number of carbonyl (C=O) groups excluding carboxylic acids is 3. The van der Waals surface area contributed by atoms with Crippen LogP contribution in [0.1, 0.15) is 39.5 Å². The summed E-state index contributed by atoms with van der Waals surface area (Å²) in [5, 5.41) is 9.44. The van der Waals surface area contributed by atoms with Gasteiger partial charge < -0.3 is 14.6 Å². The van der Waals surface area contributed by atoms with E-state index in [9.17, 15) is 19.5 Å². The van der Waals surface area contributed by atoms with Crippen molar-refractivity contribution in [2.24, 2.45) is 11.8 Å². The molecule has 6 nitrogen and oxygen atoms in total. The van der Waals surface area contributed by atoms with Gasteiger partial charge in [-0.25, -0.2) is 4.79 Å². The van der Waals surface area contributed by atoms with Gasteiger partial charge in [-0.15, -0.1) is 0 Å². The number of hydrogen-bond acceptors (Lipinski definition) is 6. The molecule has 0 amide bonds. The molecule has 0 aromatic rings. The average Bonchev–Trinajstić information content (AvgIpc) is 2.89. The molecule has 1 heterocycles. The van der Waals surface area contributed by atoms with Crippen molar-refractivity contribution in [1.82, 2.24) is 0 Å². The first-order chi connectivity index (χ1) is 12.4. The van der Waals surface area contributed by atoms with Crippen molar-refractivity contribution in [1.29, 1.82) is 0 Å². The molecule has 0 radical (unpaired) electrons. The fourth-order valence-corrected chi connectivity index (χ4v) is 2.96. The monoisotopic (exact) mass is 362 g/mol. The number of esters is 2. The van der Waals surface area contributed by atoms with Crippen LogP contribution >= 0.6 is 0 Å². The van der Waals surface area contributed by atoms with Gasteiger partial charge in [0.05, 0.1) is 12.5 Å². The van der Waals surface area contributed by atoms with Gasteiger partial charge in [-0.2, -0.15) is 0 Å². The molecule has 1 aliphatic carbocycles. The first kappa shape index (κ1) is 20.1. The summed E-state index contributed by atoms with van der Waals surface area (Å²) >= 11 is 0. The number of ketones is 1. The lowest BCUT2D eigenvalue weighted by molar-refractivity contribution is -0.147. The summed E-state index contributed by atoms with van der Waals surface area (Å²) in [4.78, 5) is 36.1. The van der Waals surface area contributed by atoms with E-state index in [2.05, 4.69) is 6.58 Å². The van der Waals surface area contributed by atoms with Gasteiger partial charge in [-0.05, 0) is 30.9 Å². The molecule has 0 aromatic carbocycles. The minimum atomic E-state index is -0.603. The maximum atomic E-state index is 12.3. The third-order valence-electron chi connectivity index (χ3n) is 4.95. The van der Waals surface area contributed by atoms with Crippen LogP contribution in [0.25, 0.3) is 0 Å². The molecule has 1 fully saturated rings. The molecule has 26 heavy (non-hydrogen) atoms. The van der Waals surface area contributed by atoms with Crippen molar-refractivity contribution in [3.8, 4) is 0 Å². The highest BCUT2D eigenvalue weighted by atomic mass is 16.6. The van der Waals surface area contributed by atoms with Crippen LogP contribution in [0.2, 0.25) is 0 Å². The van der Waals surface area contributed by atoms with E-state index in [1.807, 2.05) is 13.8 Å². The van der Waals surface area contributed by atoms with Crippen LogP contribution in [-0.4, -0.2) is 42.1 Å². The standard InChI is InChI=1S/C20H26O6/c1-4-12(2)19(23)25-11-14-6-5-7-15(10-21)17(22)9-16-13(3)20(24)26-18(16)8-14/h7-8,12,16,18,21H,3-6,9-11H2,1-2H3. The summed E-state index contributed by atoms with van der Waals surface area (Å²) in [6.45, 7) is 7.24. The summed E-state index contributed by atoms with van der Waals surface area (Å²) in [6, 6.07) is 0. The third kappa shape index (κ3) is 4.69. The molecule has 1 aliphatic heterocycles. The fourth-order valence-electron chi connectivity index (χ4n) is 2.96. The van der Waals surface area contributed by atoms with Crippen LogP contribution in [0.3, 0.4) is 0 Å². The molecule has 0 aromatic heterocycles. The highest BCUT2D eigenvalue weighted by molar-refractivity contribution is 5.98. The molecule has 142 valence electrons. The molecule has 6 heteroatoms. The van der Waals surface area contributed by atoms with Gasteiger partial charge >= 0.3 is 11.9 Å². The largest absolute Gasteiger partial charge is 0.461 e. The van der Waals surface area contributed by atoms with Crippen LogP contribution in [0.15, 0.2) is 35.5 Å². The molecule has 2 rings (SSSR count). The normalized spacial score (nSPS) is 25.0. The molecular formula is C20H26O6. The second-order valence-electron chi connectivity index (χ2n) is 6.80. The van der Waals surface area contributed by atoms with Crippen molar-refractivity contribution in [3.05, 3.63) is 35.5 Å². The molecule has 1 N–H and O–H groups in total. The molecule has 0 saturated carbocycles. The summed E-state index contributed by atoms with van der Waals surface area (Å²) in [5.41, 5.74) is 1.41. The Bertz CT molecular complexity index is 657. The lowest BCUT2D eigenvalue weighted by Gasteiger charge is -2.19. The lowest BCUT2D eigenvalue weighted by atomic mass is 9.87. The maximum absolute atomic E-state index is 12.3. The zero-order valence-corrected chi connectivity index (χ0v) is 15.3. The molecule has 0 bridgehead atoms. The van der Waals surface area contributed by atoms with E-state index in [0.29, 0.717) is 24.8 Å². The Morgan fingerprint density at radius 2 is 2.19 bits per heavy atom. The Kier molecular flexibility index (Phi) is 6.91. The second-order valence-corrected chi connectivity index (χ2v) is 6.80. The summed E-state index contributed by atoms with van der Waals surface area (Å²) in [6.07, 6.45) is 4.69. The van der Waals surface area contributed by atoms with Crippen LogP contribution in [0.5, 0.6) is 0 Å². The number of carbonyl (C=O) groups is 3. The first-order valence-electron chi connectivity index (χ1n) is 8.96. The summed E-state index contributed by atoms with van der Waals surface area (Å²) < 4.78 is 10.7. The van der Waals surface area contributed by atoms with E-state index < -0.39 is 18.0 Å². The number of aliphatic hydroxyl groups excluding tert-OH is 1. The number of aliphatic hydroxyl groups is 1. The Morgan fingerprint density at radius 3 is 2.85 bits per heavy atom. The summed E-state index contributed by atoms with van der Waals surface area (Å²) in [7, 11) is 0. The van der Waals surface area contributed by atoms with Crippen LogP contribution in [-0.2, 0) is 23.9 Å². The van der Waals surface area contributed by atoms with Crippen LogP contribution in [0.4, 0.5) is 0 Å². The molecule has 0 spiro atoms. The zero-order chi connectivity index (χ0) is 19.3. The summed E-state index contributed by atoms with van der Waals surface area (Å²) in [5.74, 6) is -1.64. The Morgan fingerprint density at radius 1 is 1.46 bits per heavy atom. The number of ether oxygens (including phenoxy) is 2. The quantitative estimate of drug-likeness (QED) is 0.458. The molecule has 3 unspecified atom stereocenters. The number of allylic oxidation sites excluding steroid dienone is 1. The highest BCUT2D eigenvalue weighted by Crippen LogP contribution is 2.33. The van der Waals surface area contributed by atoms with Gasteiger partial charge in [0, 0.05) is 23.5 Å². The zero-order valence-electron chi connectivity index (χ0n) is 15.3. The third-order valence-corrected chi connectivity index (χ3v) is 4.95. The predicted molar refractivity (Wildman–Crippen MR) is 95.0 cm³/mol. The minimum absolute atomic E-state index is 0.0536. The van der Waals surface area contributed by atoms with E-state index in [4.69, 9.17) is 9.47 Å². The highest BCUT2D eigenvalue weighted by Gasteiger charge is 2.39. The van der Waals surface area contributed by atoms with Gasteiger partial charge in [0.15, 0.2) is 5.78 Å². The first-order valence-corrected chi connectivity index (χ1v) is 8.96. The number of hydrogen-bond donors (Lipinski definition) is 1. The Labute approximate surface area is 153 Å². The Hall–Kier alpha value is -2.21. The van der Waals surface area contributed by atoms with E-state index >= 15 is 0 Å². The number of Topliss-reactive ketones (excluding diaryl/α,β-unsaturated/α-hetero) is 1. The van der Waals surface area contributed by atoms with Crippen LogP contribution in [0, 0.1) is 11.8 Å². The Balaban J connectivity index is 2.22. The van der Waals surface area contributed by atoms with Gasteiger partial charge in [0.2, 0.25) is 0 Å². The second kappa shape index (κ2) is 8.94. The van der Waals surface area contributed by atoms with E-state index in [1.165, 1.54) is 0 Å². The van der Waals surface area contributed by atoms with Crippen LogP contribution < -0.4 is 0 Å². The topological polar surface area (TPSA) is 89.9 Å². The van der Waals surface area contributed by atoms with E-state index in [0.717, 1.165) is 5.57 Å². The minimum Gasteiger partial charge on any atom is -0.461 e. The van der Waals surface area contributed by atoms with E-state index in [-0.39, 0.29) is 42.9 Å². The predicted octanol–water partition coefficient (Wildman–Crippen LogP) is 2.27. The number of rotatable bonds is 5. The SMILES string of the molecule is C=C1C(=O)OC2C=C(COC(=O)C(C)CC)CCC=C(CO)C(=O)CC12. The van der Waals surface area contributed by atoms with Crippen molar-refractivity contribution in [2.45, 2.75) is 45.6 Å². The van der Waals surface area contributed by atoms with Crippen molar-refractivity contribution in [2.75, 3.05) is 13.2 Å². The van der Waals surface area contributed by atoms with Crippen molar-refractivity contribution in [3.63, 3.8) is 0 Å². The number of fused-ring (bicyclic) bond motifs is 1. The lowest BCUT2D eigenvalue weighted by Crippen LogP contribution is -2.22. The molecule has 2 aliphatic rings. The molecular weight excluding hydrogens is 336 g/mol. The van der Waals surface area contributed by atoms with Crippen molar-refractivity contribution < 1.29 is 29.0 Å².